The zero-order chi connectivity index (χ0) is 13.8. The van der Waals surface area contributed by atoms with Gasteiger partial charge in [0.2, 0.25) is 0 Å². The number of carbonyl (C=O) groups is 1. The largest absolute Gasteiger partial charge is 0.397 e. The SMILES string of the molecule is CNC(=O)c1ccc(N(C)C2CCCCC2)c(N)c1. The van der Waals surface area contributed by atoms with E-state index in [1.54, 1.807) is 13.1 Å². The molecular weight excluding hydrogens is 238 g/mol. The Hall–Kier alpha value is -1.71. The summed E-state index contributed by atoms with van der Waals surface area (Å²) in [7, 11) is 3.72. The highest BCUT2D eigenvalue weighted by Gasteiger charge is 2.20. The first-order valence-electron chi connectivity index (χ1n) is 6.98. The van der Waals surface area contributed by atoms with Gasteiger partial charge in [0.05, 0.1) is 11.4 Å². The number of nitrogens with one attached hydrogen (secondary N) is 1. The van der Waals surface area contributed by atoms with Crippen molar-refractivity contribution < 1.29 is 4.79 Å². The second kappa shape index (κ2) is 5.95. The number of nitrogens with two attached hydrogens (primary N) is 1. The fourth-order valence-electron chi connectivity index (χ4n) is 2.83. The average molecular weight is 261 g/mol. The van der Waals surface area contributed by atoms with Gasteiger partial charge in [-0.2, -0.15) is 0 Å². The molecule has 1 aliphatic carbocycles. The summed E-state index contributed by atoms with van der Waals surface area (Å²) in [6.07, 6.45) is 6.40. The third-order valence-electron chi connectivity index (χ3n) is 4.02. The Morgan fingerprint density at radius 2 is 2.00 bits per heavy atom. The first kappa shape index (κ1) is 13.7. The molecule has 104 valence electrons. The Morgan fingerprint density at radius 1 is 1.32 bits per heavy atom. The monoisotopic (exact) mass is 261 g/mol. The molecule has 0 unspecified atom stereocenters. The molecule has 2 rings (SSSR count). The van der Waals surface area contributed by atoms with E-state index >= 15 is 0 Å². The van der Waals surface area contributed by atoms with Crippen LogP contribution in [0.1, 0.15) is 42.5 Å². The topological polar surface area (TPSA) is 58.4 Å². The van der Waals surface area contributed by atoms with Gasteiger partial charge in [0.1, 0.15) is 0 Å². The summed E-state index contributed by atoms with van der Waals surface area (Å²) in [5.74, 6) is -0.0985. The fraction of sp³-hybridized carbons (Fsp3) is 0.533. The molecule has 1 saturated carbocycles. The maximum absolute atomic E-state index is 11.6. The van der Waals surface area contributed by atoms with Gasteiger partial charge in [-0.15, -0.1) is 0 Å². The minimum absolute atomic E-state index is 0.0985. The van der Waals surface area contributed by atoms with Crippen LogP contribution in [-0.4, -0.2) is 26.0 Å². The Labute approximate surface area is 115 Å². The number of anilines is 2. The second-order valence-corrected chi connectivity index (χ2v) is 5.26. The van der Waals surface area contributed by atoms with Gasteiger partial charge in [-0.3, -0.25) is 4.79 Å². The van der Waals surface area contributed by atoms with Gasteiger partial charge in [0.15, 0.2) is 0 Å². The van der Waals surface area contributed by atoms with Crippen molar-refractivity contribution in [3.05, 3.63) is 23.8 Å². The molecule has 0 bridgehead atoms. The van der Waals surface area contributed by atoms with Crippen molar-refractivity contribution in [2.75, 3.05) is 24.7 Å². The van der Waals surface area contributed by atoms with Crippen LogP contribution >= 0.6 is 0 Å². The highest BCUT2D eigenvalue weighted by Crippen LogP contribution is 2.30. The molecule has 1 aliphatic rings. The van der Waals surface area contributed by atoms with E-state index in [1.165, 1.54) is 32.1 Å². The highest BCUT2D eigenvalue weighted by atomic mass is 16.1. The second-order valence-electron chi connectivity index (χ2n) is 5.26. The summed E-state index contributed by atoms with van der Waals surface area (Å²) in [6.45, 7) is 0. The number of benzene rings is 1. The fourth-order valence-corrected chi connectivity index (χ4v) is 2.83. The molecule has 0 radical (unpaired) electrons. The first-order chi connectivity index (χ1) is 9.13. The molecule has 3 N–H and O–H groups in total. The molecule has 19 heavy (non-hydrogen) atoms. The summed E-state index contributed by atoms with van der Waals surface area (Å²) < 4.78 is 0. The van der Waals surface area contributed by atoms with Crippen molar-refractivity contribution in [3.63, 3.8) is 0 Å². The first-order valence-corrected chi connectivity index (χ1v) is 6.98. The zero-order valence-corrected chi connectivity index (χ0v) is 11.8. The molecule has 4 nitrogen and oxygen atoms in total. The summed E-state index contributed by atoms with van der Waals surface area (Å²) in [5, 5.41) is 2.61. The van der Waals surface area contributed by atoms with E-state index in [0.29, 0.717) is 17.3 Å². The van der Waals surface area contributed by atoms with Crippen molar-refractivity contribution >= 4 is 17.3 Å². The predicted molar refractivity (Wildman–Crippen MR) is 79.5 cm³/mol. The smallest absolute Gasteiger partial charge is 0.251 e. The lowest BCUT2D eigenvalue weighted by Gasteiger charge is -2.33. The van der Waals surface area contributed by atoms with Gasteiger partial charge in [-0.1, -0.05) is 19.3 Å². The number of carbonyl (C=O) groups excluding carboxylic acids is 1. The molecule has 1 amide bonds. The Kier molecular flexibility index (Phi) is 4.30. The quantitative estimate of drug-likeness (QED) is 0.821. The van der Waals surface area contributed by atoms with Gasteiger partial charge in [-0.05, 0) is 31.0 Å². The molecule has 0 spiro atoms. The molecule has 0 heterocycles. The molecule has 4 heteroatoms. The van der Waals surface area contributed by atoms with Gasteiger partial charge in [-0.25, -0.2) is 0 Å². The van der Waals surface area contributed by atoms with Crippen LogP contribution in [0.15, 0.2) is 18.2 Å². The van der Waals surface area contributed by atoms with Crippen LogP contribution in [0.5, 0.6) is 0 Å². The van der Waals surface area contributed by atoms with Gasteiger partial charge < -0.3 is 16.0 Å². The van der Waals surface area contributed by atoms with E-state index in [-0.39, 0.29) is 5.91 Å². The van der Waals surface area contributed by atoms with E-state index < -0.39 is 0 Å². The Balaban J connectivity index is 2.17. The third kappa shape index (κ3) is 3.00. The lowest BCUT2D eigenvalue weighted by molar-refractivity contribution is 0.0963. The molecular formula is C15H23N3O. The number of nitrogen functional groups attached to an aromatic ring is 1. The van der Waals surface area contributed by atoms with Crippen LogP contribution in [0, 0.1) is 0 Å². The Morgan fingerprint density at radius 3 is 2.58 bits per heavy atom. The van der Waals surface area contributed by atoms with Gasteiger partial charge in [0.25, 0.3) is 5.91 Å². The number of nitrogens with zero attached hydrogens (tertiary/aromatic N) is 1. The highest BCUT2D eigenvalue weighted by molar-refractivity contribution is 5.96. The maximum Gasteiger partial charge on any atom is 0.251 e. The number of hydrogen-bond acceptors (Lipinski definition) is 3. The van der Waals surface area contributed by atoms with Crippen molar-refractivity contribution in [2.45, 2.75) is 38.1 Å². The van der Waals surface area contributed by atoms with Gasteiger partial charge in [0, 0.05) is 25.7 Å². The molecule has 1 fully saturated rings. The van der Waals surface area contributed by atoms with E-state index in [0.717, 1.165) is 5.69 Å². The Bertz CT molecular complexity index is 453. The van der Waals surface area contributed by atoms with Crippen molar-refractivity contribution in [1.29, 1.82) is 0 Å². The van der Waals surface area contributed by atoms with Crippen LogP contribution in [-0.2, 0) is 0 Å². The van der Waals surface area contributed by atoms with E-state index in [4.69, 9.17) is 5.73 Å². The average Bonchev–Trinajstić information content (AvgIpc) is 2.46. The van der Waals surface area contributed by atoms with Gasteiger partial charge >= 0.3 is 0 Å². The van der Waals surface area contributed by atoms with Crippen LogP contribution in [0.25, 0.3) is 0 Å². The van der Waals surface area contributed by atoms with E-state index in [1.807, 2.05) is 12.1 Å². The minimum atomic E-state index is -0.0985. The lowest BCUT2D eigenvalue weighted by atomic mass is 9.94. The molecule has 1 aromatic carbocycles. The summed E-state index contributed by atoms with van der Waals surface area (Å²) >= 11 is 0. The van der Waals surface area contributed by atoms with Crippen LogP contribution < -0.4 is 16.0 Å². The zero-order valence-electron chi connectivity index (χ0n) is 11.8. The summed E-state index contributed by atoms with van der Waals surface area (Å²) in [6, 6.07) is 6.12. The van der Waals surface area contributed by atoms with E-state index in [9.17, 15) is 4.79 Å². The molecule has 0 aliphatic heterocycles. The number of amides is 1. The number of hydrogen-bond donors (Lipinski definition) is 2. The predicted octanol–water partition coefficient (Wildman–Crippen LogP) is 2.40. The molecule has 0 saturated heterocycles. The normalized spacial score (nSPS) is 16.1. The summed E-state index contributed by atoms with van der Waals surface area (Å²) in [4.78, 5) is 13.8. The standard InChI is InChI=1S/C15H23N3O/c1-17-15(19)11-8-9-14(13(16)10-11)18(2)12-6-4-3-5-7-12/h8-10,12H,3-7,16H2,1-2H3,(H,17,19). The molecule has 1 aromatic rings. The summed E-state index contributed by atoms with van der Waals surface area (Å²) in [5.41, 5.74) is 8.41. The van der Waals surface area contributed by atoms with Crippen molar-refractivity contribution in [2.24, 2.45) is 0 Å². The molecule has 0 aromatic heterocycles. The number of rotatable bonds is 3. The van der Waals surface area contributed by atoms with Crippen molar-refractivity contribution in [3.8, 4) is 0 Å². The maximum atomic E-state index is 11.6. The molecule has 0 atom stereocenters. The lowest BCUT2D eigenvalue weighted by Crippen LogP contribution is -2.33. The minimum Gasteiger partial charge on any atom is -0.397 e. The van der Waals surface area contributed by atoms with E-state index in [2.05, 4.69) is 17.3 Å². The van der Waals surface area contributed by atoms with Crippen molar-refractivity contribution in [1.82, 2.24) is 5.32 Å². The van der Waals surface area contributed by atoms with Crippen LogP contribution in [0.3, 0.4) is 0 Å². The third-order valence-corrected chi connectivity index (χ3v) is 4.02. The van der Waals surface area contributed by atoms with Crippen LogP contribution in [0.2, 0.25) is 0 Å². The van der Waals surface area contributed by atoms with Crippen LogP contribution in [0.4, 0.5) is 11.4 Å².